The minimum absolute atomic E-state index is 0.0933. The normalized spacial score (nSPS) is 11.4. The van der Waals surface area contributed by atoms with Crippen LogP contribution in [0.2, 0.25) is 5.02 Å². The smallest absolute Gasteiger partial charge is 0.254 e. The van der Waals surface area contributed by atoms with Crippen molar-refractivity contribution in [2.24, 2.45) is 0 Å². The summed E-state index contributed by atoms with van der Waals surface area (Å²) in [4.78, 5) is 13.7. The molecule has 1 aromatic carbocycles. The molecule has 0 aliphatic carbocycles. The topological polar surface area (TPSA) is 40.5 Å². The average Bonchev–Trinajstić information content (AvgIpc) is 2.30. The van der Waals surface area contributed by atoms with Crippen LogP contribution in [0, 0.1) is 0 Å². The Morgan fingerprint density at radius 1 is 1.53 bits per heavy atom. The zero-order valence-corrected chi connectivity index (χ0v) is 12.3. The van der Waals surface area contributed by atoms with Crippen molar-refractivity contribution in [3.05, 3.63) is 33.3 Å². The van der Waals surface area contributed by atoms with E-state index in [4.69, 9.17) is 11.6 Å². The Bertz CT molecular complexity index is 435. The summed E-state index contributed by atoms with van der Waals surface area (Å²) in [6.07, 6.45) is 0. The first-order chi connectivity index (χ1) is 7.79. The van der Waals surface area contributed by atoms with Crippen molar-refractivity contribution < 1.29 is 9.90 Å². The number of carbonyl (C=O) groups excluding carboxylic acids is 1. The molecule has 0 unspecified atom stereocenters. The van der Waals surface area contributed by atoms with Gasteiger partial charge in [0.1, 0.15) is 0 Å². The molecule has 17 heavy (non-hydrogen) atoms. The summed E-state index contributed by atoms with van der Waals surface area (Å²) in [5.41, 5.74) is -0.0614. The number of likely N-dealkylation sites (N-methyl/N-ethyl adjacent to an activating group) is 1. The molecular weight excluding hydrogens is 305 g/mol. The summed E-state index contributed by atoms with van der Waals surface area (Å²) < 4.78 is 0.681. The molecule has 0 bridgehead atoms. The van der Waals surface area contributed by atoms with Gasteiger partial charge in [0.2, 0.25) is 0 Å². The van der Waals surface area contributed by atoms with Crippen LogP contribution in [0.3, 0.4) is 0 Å². The van der Waals surface area contributed by atoms with Gasteiger partial charge in [-0.2, -0.15) is 0 Å². The van der Waals surface area contributed by atoms with Crippen LogP contribution in [0.25, 0.3) is 0 Å². The number of aliphatic hydroxyl groups excluding tert-OH is 1. The van der Waals surface area contributed by atoms with Gasteiger partial charge in [-0.1, -0.05) is 11.6 Å². The maximum atomic E-state index is 12.2. The van der Waals surface area contributed by atoms with Gasteiger partial charge in [0.05, 0.1) is 17.2 Å². The lowest BCUT2D eigenvalue weighted by Gasteiger charge is -2.34. The molecule has 0 fully saturated rings. The largest absolute Gasteiger partial charge is 0.394 e. The van der Waals surface area contributed by atoms with E-state index in [1.807, 2.05) is 0 Å². The van der Waals surface area contributed by atoms with E-state index < -0.39 is 5.54 Å². The number of nitrogens with zero attached hydrogens (tertiary/aromatic N) is 1. The first-order valence-corrected chi connectivity index (χ1v) is 6.31. The molecule has 0 saturated heterocycles. The van der Waals surface area contributed by atoms with Crippen molar-refractivity contribution in [3.8, 4) is 0 Å². The lowest BCUT2D eigenvalue weighted by Crippen LogP contribution is -2.47. The SMILES string of the molecule is CN(C(=O)c1ccc(Cl)c(Br)c1)C(C)(C)CO. The first-order valence-electron chi connectivity index (χ1n) is 5.13. The first kappa shape index (κ1) is 14.5. The third-order valence-electron chi connectivity index (χ3n) is 2.77. The third-order valence-corrected chi connectivity index (χ3v) is 3.98. The van der Waals surface area contributed by atoms with Gasteiger partial charge in [-0.05, 0) is 48.0 Å². The molecule has 1 aromatic rings. The number of aliphatic hydroxyl groups is 1. The van der Waals surface area contributed by atoms with E-state index in [9.17, 15) is 9.90 Å². The third kappa shape index (κ3) is 3.21. The number of hydrogen-bond donors (Lipinski definition) is 1. The number of amides is 1. The summed E-state index contributed by atoms with van der Waals surface area (Å²) in [5, 5.41) is 9.80. The molecule has 0 radical (unpaired) electrons. The Balaban J connectivity index is 3.01. The lowest BCUT2D eigenvalue weighted by molar-refractivity contribution is 0.0473. The quantitative estimate of drug-likeness (QED) is 0.930. The highest BCUT2D eigenvalue weighted by Gasteiger charge is 2.27. The van der Waals surface area contributed by atoms with E-state index in [1.165, 1.54) is 4.90 Å². The minimum atomic E-state index is -0.594. The molecule has 5 heteroatoms. The highest BCUT2D eigenvalue weighted by molar-refractivity contribution is 9.10. The van der Waals surface area contributed by atoms with Gasteiger partial charge in [-0.15, -0.1) is 0 Å². The predicted molar refractivity (Wildman–Crippen MR) is 72.4 cm³/mol. The van der Waals surface area contributed by atoms with Crippen molar-refractivity contribution >= 4 is 33.4 Å². The number of halogens is 2. The molecule has 94 valence electrons. The highest BCUT2D eigenvalue weighted by Crippen LogP contribution is 2.24. The summed E-state index contributed by atoms with van der Waals surface area (Å²) in [7, 11) is 1.67. The summed E-state index contributed by atoms with van der Waals surface area (Å²) >= 11 is 9.15. The molecule has 0 spiro atoms. The zero-order valence-electron chi connectivity index (χ0n) is 10.00. The Morgan fingerprint density at radius 3 is 2.59 bits per heavy atom. The minimum Gasteiger partial charge on any atom is -0.394 e. The van der Waals surface area contributed by atoms with E-state index in [0.717, 1.165) is 0 Å². The van der Waals surface area contributed by atoms with E-state index in [2.05, 4.69) is 15.9 Å². The van der Waals surface area contributed by atoms with Crippen molar-refractivity contribution in [1.29, 1.82) is 0 Å². The van der Waals surface area contributed by atoms with Gasteiger partial charge >= 0.3 is 0 Å². The van der Waals surface area contributed by atoms with Crippen LogP contribution in [0.4, 0.5) is 0 Å². The van der Waals surface area contributed by atoms with Crippen molar-refractivity contribution in [1.82, 2.24) is 4.90 Å². The van der Waals surface area contributed by atoms with Gasteiger partial charge in [-0.3, -0.25) is 4.79 Å². The fourth-order valence-corrected chi connectivity index (χ4v) is 1.70. The summed E-state index contributed by atoms with van der Waals surface area (Å²) in [5.74, 6) is -0.151. The van der Waals surface area contributed by atoms with Crippen molar-refractivity contribution in [2.45, 2.75) is 19.4 Å². The van der Waals surface area contributed by atoms with Gasteiger partial charge in [0, 0.05) is 17.1 Å². The van der Waals surface area contributed by atoms with Gasteiger partial charge < -0.3 is 10.0 Å². The zero-order chi connectivity index (χ0) is 13.2. The molecule has 1 N–H and O–H groups in total. The molecule has 0 heterocycles. The highest BCUT2D eigenvalue weighted by atomic mass is 79.9. The van der Waals surface area contributed by atoms with Crippen LogP contribution in [-0.4, -0.2) is 35.1 Å². The number of rotatable bonds is 3. The van der Waals surface area contributed by atoms with Gasteiger partial charge in [-0.25, -0.2) is 0 Å². The second-order valence-corrected chi connectivity index (χ2v) is 5.73. The molecule has 0 aromatic heterocycles. The monoisotopic (exact) mass is 319 g/mol. The molecule has 0 aliphatic rings. The summed E-state index contributed by atoms with van der Waals surface area (Å²) in [6.45, 7) is 3.51. The summed E-state index contributed by atoms with van der Waals surface area (Å²) in [6, 6.07) is 5.01. The molecule has 1 rings (SSSR count). The molecule has 1 amide bonds. The van der Waals surface area contributed by atoms with Crippen molar-refractivity contribution in [2.75, 3.05) is 13.7 Å². The van der Waals surface area contributed by atoms with Crippen LogP contribution >= 0.6 is 27.5 Å². The molecule has 0 aliphatic heterocycles. The number of carbonyl (C=O) groups is 1. The number of benzene rings is 1. The second kappa shape index (κ2) is 5.38. The van der Waals surface area contributed by atoms with Gasteiger partial charge in [0.15, 0.2) is 0 Å². The molecule has 0 atom stereocenters. The van der Waals surface area contributed by atoms with E-state index >= 15 is 0 Å². The second-order valence-electron chi connectivity index (χ2n) is 4.46. The van der Waals surface area contributed by atoms with E-state index in [0.29, 0.717) is 15.1 Å². The van der Waals surface area contributed by atoms with Crippen LogP contribution in [-0.2, 0) is 0 Å². The van der Waals surface area contributed by atoms with Crippen LogP contribution in [0.15, 0.2) is 22.7 Å². The van der Waals surface area contributed by atoms with E-state index in [1.54, 1.807) is 39.1 Å². The van der Waals surface area contributed by atoms with Crippen LogP contribution in [0.5, 0.6) is 0 Å². The van der Waals surface area contributed by atoms with Gasteiger partial charge in [0.25, 0.3) is 5.91 Å². The van der Waals surface area contributed by atoms with Crippen LogP contribution < -0.4 is 0 Å². The molecule has 3 nitrogen and oxygen atoms in total. The Hall–Kier alpha value is -0.580. The van der Waals surface area contributed by atoms with Crippen molar-refractivity contribution in [3.63, 3.8) is 0 Å². The fourth-order valence-electron chi connectivity index (χ4n) is 1.20. The predicted octanol–water partition coefficient (Wildman–Crippen LogP) is 2.95. The molecule has 0 saturated carbocycles. The van der Waals surface area contributed by atoms with Crippen LogP contribution in [0.1, 0.15) is 24.2 Å². The Labute approximate surface area is 115 Å². The number of hydrogen-bond acceptors (Lipinski definition) is 2. The fraction of sp³-hybridized carbons (Fsp3) is 0.417. The molecular formula is C12H15BrClNO2. The van der Waals surface area contributed by atoms with E-state index in [-0.39, 0.29) is 12.5 Å². The maximum Gasteiger partial charge on any atom is 0.254 e. The Morgan fingerprint density at radius 2 is 2.12 bits per heavy atom. The Kier molecular flexibility index (Phi) is 4.58. The lowest BCUT2D eigenvalue weighted by atomic mass is 10.0. The maximum absolute atomic E-state index is 12.2. The standard InChI is InChI=1S/C12H15BrClNO2/c1-12(2,7-16)15(3)11(17)8-4-5-10(14)9(13)6-8/h4-6,16H,7H2,1-3H3. The average molecular weight is 321 g/mol.